The number of pyridine rings is 10. The van der Waals surface area contributed by atoms with E-state index in [0.717, 1.165) is 92.5 Å². The number of nitriles is 1. The maximum atomic E-state index is 15.9. The summed E-state index contributed by atoms with van der Waals surface area (Å²) in [6, 6.07) is 89.3. The predicted molar refractivity (Wildman–Crippen MR) is 534 cm³/mol. The summed E-state index contributed by atoms with van der Waals surface area (Å²) in [4.78, 5) is 64.5. The second-order valence-electron chi connectivity index (χ2n) is 32.2. The molecule has 0 aliphatic carbocycles. The first-order valence-corrected chi connectivity index (χ1v) is 44.9. The quantitative estimate of drug-likeness (QED) is 0.0882. The van der Waals surface area contributed by atoms with E-state index in [4.69, 9.17) is 11.0 Å². The Bertz CT molecular complexity index is 8930. The molecule has 0 saturated heterocycles. The van der Waals surface area contributed by atoms with E-state index in [2.05, 4.69) is 65.9 Å². The molecule has 668 valence electrons. The highest BCUT2D eigenvalue weighted by Gasteiger charge is 2.28. The number of aryl methyl sites for hydroxylation is 1. The minimum absolute atomic E-state index is 0.0299. The fraction of sp³-hybridized carbons (Fsp3) is 0.0179. The average molecular weight is 1840 g/mol. The molecule has 0 atom stereocenters. The van der Waals surface area contributed by atoms with Crippen LogP contribution in [0.3, 0.4) is 0 Å². The largest absolute Gasteiger partial charge is 0.366 e. The molecule has 0 aliphatic rings. The van der Waals surface area contributed by atoms with Gasteiger partial charge in [-0.1, -0.05) is 164 Å². The zero-order valence-electron chi connectivity index (χ0n) is 73.6. The molecule has 25 rings (SSSR count). The molecule has 15 aromatic heterocycles. The number of rotatable bonds is 12. The third-order valence-corrected chi connectivity index (χ3v) is 24.8. The number of carbonyl (C=O) groups is 1. The number of halogens is 6. The maximum Gasteiger partial charge on any atom is 0.248 e. The number of benzene rings is 10. The van der Waals surface area contributed by atoms with E-state index in [9.17, 15) is 9.18 Å². The van der Waals surface area contributed by atoms with Gasteiger partial charge in [0.1, 0.15) is 58.0 Å². The van der Waals surface area contributed by atoms with Crippen LogP contribution >= 0.6 is 11.8 Å². The Morgan fingerprint density at radius 2 is 0.633 bits per heavy atom. The van der Waals surface area contributed by atoms with E-state index < -0.39 is 29.2 Å². The monoisotopic (exact) mass is 1840 g/mol. The number of thioether (sulfide) groups is 1. The van der Waals surface area contributed by atoms with Crippen LogP contribution in [-0.4, -0.2) is 94.8 Å². The number of hydrogen-bond acceptors (Lipinski definition) is 15. The summed E-state index contributed by atoms with van der Waals surface area (Å²) >= 11 is 1.66. The van der Waals surface area contributed by atoms with E-state index in [1.54, 1.807) is 174 Å². The highest BCUT2D eigenvalue weighted by Crippen LogP contribution is 2.42. The van der Waals surface area contributed by atoms with Gasteiger partial charge in [0.2, 0.25) is 5.91 Å². The summed E-state index contributed by atoms with van der Waals surface area (Å²) in [6.45, 7) is 1.96. The molecule has 0 unspecified atom stereocenters. The molecule has 0 radical (unpaired) electrons. The minimum Gasteiger partial charge on any atom is -0.366 e. The van der Waals surface area contributed by atoms with Crippen LogP contribution in [0.25, 0.3) is 194 Å². The molecular weight excluding hydrogens is 1770 g/mol. The van der Waals surface area contributed by atoms with Crippen LogP contribution in [0, 0.1) is 53.2 Å². The molecular formula is C112H71F6N19OS. The Balaban J connectivity index is 0.000000103. The van der Waals surface area contributed by atoms with E-state index in [1.807, 2.05) is 246 Å². The number of nitrogens with two attached hydrogens (primary N) is 1. The van der Waals surface area contributed by atoms with Gasteiger partial charge in [-0.15, -0.1) is 11.8 Å². The van der Waals surface area contributed by atoms with Crippen molar-refractivity contribution in [3.05, 3.63) is 436 Å². The molecule has 2 N–H and O–H groups in total. The van der Waals surface area contributed by atoms with Crippen LogP contribution in [0.2, 0.25) is 0 Å². The highest BCUT2D eigenvalue weighted by molar-refractivity contribution is 7.98. The Morgan fingerprint density at radius 3 is 1.00 bits per heavy atom. The fourth-order valence-corrected chi connectivity index (χ4v) is 17.7. The van der Waals surface area contributed by atoms with Crippen molar-refractivity contribution in [2.45, 2.75) is 11.8 Å². The zero-order chi connectivity index (χ0) is 94.9. The fourth-order valence-electron chi connectivity index (χ4n) is 17.3. The summed E-state index contributed by atoms with van der Waals surface area (Å²) in [6.07, 6.45) is 27.8. The van der Waals surface area contributed by atoms with Crippen molar-refractivity contribution < 1.29 is 31.1 Å². The Hall–Kier alpha value is -18.6. The van der Waals surface area contributed by atoms with Gasteiger partial charge in [0, 0.05) is 150 Å². The summed E-state index contributed by atoms with van der Waals surface area (Å²) in [5, 5.41) is 15.4. The number of para-hydroxylation sites is 5. The van der Waals surface area contributed by atoms with Crippen LogP contribution in [0.1, 0.15) is 21.5 Å². The van der Waals surface area contributed by atoms with Crippen molar-refractivity contribution in [2.75, 3.05) is 6.26 Å². The number of amides is 1. The lowest BCUT2D eigenvalue weighted by atomic mass is 10.0. The topological polar surface area (TPSA) is 246 Å². The van der Waals surface area contributed by atoms with Crippen molar-refractivity contribution in [1.29, 1.82) is 5.26 Å². The minimum atomic E-state index is -0.602. The normalized spacial score (nSPS) is 11.2. The molecule has 20 nitrogen and oxygen atoms in total. The number of carbonyl (C=O) groups excluding carboxylic acids is 1. The van der Waals surface area contributed by atoms with Gasteiger partial charge in [0.05, 0.1) is 108 Å². The zero-order valence-corrected chi connectivity index (χ0v) is 74.4. The van der Waals surface area contributed by atoms with E-state index in [-0.39, 0.29) is 40.0 Å². The number of primary amides is 1. The van der Waals surface area contributed by atoms with Gasteiger partial charge in [0.25, 0.3) is 0 Å². The van der Waals surface area contributed by atoms with Gasteiger partial charge in [-0.25, -0.2) is 61.2 Å². The SMILES string of the molecule is CSc1ccc(-c2nc3ccccc3c(-n3ccc4cnccc43)c2F)cc1.Cc1ccccc1-c1nc2ccccc2c(-n2cnc3cnccc32)c1F.Fc1ccccc1-c1nc2ccccc2c(-n2cnc3cnccc32)c1F.N#Cc1ccc(-c2nc3ccccc3c(-n3ccc4cnccc43)c2F)cc1.NC(=O)c1ccc(-c2nc3ccccc3c(-n3ccc4cnccc43)c2F)cc1. The smallest absolute Gasteiger partial charge is 0.248 e. The molecule has 0 bridgehead atoms. The highest BCUT2D eigenvalue weighted by atomic mass is 32.2. The van der Waals surface area contributed by atoms with Gasteiger partial charge in [0.15, 0.2) is 29.1 Å². The van der Waals surface area contributed by atoms with Crippen LogP contribution in [0.5, 0.6) is 0 Å². The summed E-state index contributed by atoms with van der Waals surface area (Å²) in [5.41, 5.74) is 22.3. The van der Waals surface area contributed by atoms with Crippen LogP contribution in [-0.2, 0) is 0 Å². The molecule has 0 aliphatic heterocycles. The molecule has 1 amide bonds. The standard InChI is InChI=1S/C23H15FN4O.C23H13FN4.C23H16FN3S.C22H15FN4.C21H12F2N4/c24-20-21(14-5-7-15(8-6-14)23(25)29)27-18-4-2-1-3-17(18)22(20)28-12-10-16-13-26-11-9-19(16)28;24-21-22(16-7-5-15(13-25)6-8-16)27-19-4-2-1-3-18(19)23(21)28-12-10-17-14-26-11-9-20(17)28;1-28-17-8-6-15(7-9-17)22-21(24)23(18-4-2-3-5-19(18)26-22)27-13-11-16-14-25-12-10-20(16)27;1-14-6-2-3-7-15(14)21-20(23)22(16-8-4-5-9-17(16)26-21)27-13-25-18-12-24-11-10-19(18)27;22-15-7-3-1-5-13(15)20-19(23)21(14-6-2-4-8-16(14)26-20)27-12-25-17-11-24-10-9-18(17)27/h1-13H,(H2,25,29);1-12,14H;2-14H,1H3;2-13H,1H3;1-12H. The van der Waals surface area contributed by atoms with Crippen LogP contribution < -0.4 is 5.73 Å². The first-order chi connectivity index (χ1) is 68.1. The lowest BCUT2D eigenvalue weighted by molar-refractivity contribution is 0.1000. The number of imidazole rings is 2. The third-order valence-electron chi connectivity index (χ3n) is 24.0. The summed E-state index contributed by atoms with van der Waals surface area (Å²) < 4.78 is 102. The first kappa shape index (κ1) is 87.1. The second-order valence-corrected chi connectivity index (χ2v) is 33.1. The van der Waals surface area contributed by atoms with Gasteiger partial charge in [-0.05, 0) is 146 Å². The number of aromatic nitrogens is 17. The summed E-state index contributed by atoms with van der Waals surface area (Å²) in [7, 11) is 0. The van der Waals surface area contributed by atoms with E-state index in [1.165, 1.54) is 12.1 Å². The molecule has 10 aromatic carbocycles. The third kappa shape index (κ3) is 16.5. The van der Waals surface area contributed by atoms with E-state index in [0.29, 0.717) is 94.7 Å². The van der Waals surface area contributed by atoms with Gasteiger partial charge in [-0.2, -0.15) is 5.26 Å². The maximum absolute atomic E-state index is 15.9. The number of hydrogen-bond donors (Lipinski definition) is 1. The van der Waals surface area contributed by atoms with Crippen molar-refractivity contribution in [2.24, 2.45) is 5.73 Å². The second kappa shape index (κ2) is 37.5. The average Bonchev–Trinajstić information content (AvgIpc) is 1.76. The number of fused-ring (bicyclic) bond motifs is 10. The van der Waals surface area contributed by atoms with Crippen molar-refractivity contribution in [3.63, 3.8) is 0 Å². The van der Waals surface area contributed by atoms with Crippen LogP contribution in [0.15, 0.2) is 389 Å². The van der Waals surface area contributed by atoms with Crippen molar-refractivity contribution in [3.8, 4) is 90.8 Å². The Kier molecular flexibility index (Phi) is 23.5. The molecule has 0 saturated carbocycles. The predicted octanol–water partition coefficient (Wildman–Crippen LogP) is 25.8. The lowest BCUT2D eigenvalue weighted by Gasteiger charge is -2.14. The molecule has 0 spiro atoms. The van der Waals surface area contributed by atoms with Gasteiger partial charge < -0.3 is 19.4 Å². The van der Waals surface area contributed by atoms with Gasteiger partial charge in [-0.3, -0.25) is 38.8 Å². The van der Waals surface area contributed by atoms with Gasteiger partial charge >= 0.3 is 0 Å². The Morgan fingerprint density at radius 1 is 0.324 bits per heavy atom. The van der Waals surface area contributed by atoms with E-state index >= 15 is 22.0 Å². The van der Waals surface area contributed by atoms with Crippen LogP contribution in [0.4, 0.5) is 26.3 Å². The van der Waals surface area contributed by atoms with Crippen molar-refractivity contribution in [1.82, 2.24) is 82.6 Å². The molecule has 139 heavy (non-hydrogen) atoms. The lowest BCUT2D eigenvalue weighted by Crippen LogP contribution is -2.10. The molecule has 15 heterocycles. The number of nitrogens with zero attached hydrogens (tertiary/aromatic N) is 18. The van der Waals surface area contributed by atoms with Crippen molar-refractivity contribution >= 4 is 127 Å². The molecule has 25 aromatic rings. The molecule has 27 heteroatoms. The Labute approximate surface area is 791 Å². The summed E-state index contributed by atoms with van der Waals surface area (Å²) in [5.74, 6) is -3.19. The first-order valence-electron chi connectivity index (χ1n) is 43.7. The molecule has 0 fully saturated rings.